The van der Waals surface area contributed by atoms with Crippen molar-refractivity contribution in [2.75, 3.05) is 23.4 Å². The van der Waals surface area contributed by atoms with E-state index in [-0.39, 0.29) is 44.2 Å². The predicted octanol–water partition coefficient (Wildman–Crippen LogP) is 3.06. The first kappa shape index (κ1) is 27.1. The molecule has 10 heteroatoms. The molecular formula is C25H32N2O7S. The number of carbonyl (C=O) groups excluding carboxylic acids is 2. The van der Waals surface area contributed by atoms with Crippen LogP contribution < -0.4 is 10.8 Å². The SMILES string of the molecule is O=C(CCCC(=O)Nc1cccc([C@@H]2O[C@H](CSCCO)C[C@H](c3ccc(CO)cc3)O2)c1)NO. The molecule has 35 heavy (non-hydrogen) atoms. The molecule has 0 saturated carbocycles. The van der Waals surface area contributed by atoms with Gasteiger partial charge in [0.2, 0.25) is 11.8 Å². The molecule has 0 radical (unpaired) electrons. The summed E-state index contributed by atoms with van der Waals surface area (Å²) in [5, 5.41) is 29.8. The number of aliphatic hydroxyl groups is 2. The highest BCUT2D eigenvalue weighted by Crippen LogP contribution is 2.39. The Morgan fingerprint density at radius 3 is 2.49 bits per heavy atom. The van der Waals surface area contributed by atoms with Crippen molar-refractivity contribution in [3.63, 3.8) is 0 Å². The third-order valence-electron chi connectivity index (χ3n) is 5.53. The van der Waals surface area contributed by atoms with Crippen molar-refractivity contribution in [2.24, 2.45) is 0 Å². The number of hydrogen-bond donors (Lipinski definition) is 5. The van der Waals surface area contributed by atoms with Gasteiger partial charge in [0.1, 0.15) is 0 Å². The summed E-state index contributed by atoms with van der Waals surface area (Å²) in [5.74, 6) is 0.573. The molecule has 3 atom stereocenters. The van der Waals surface area contributed by atoms with E-state index in [9.17, 15) is 14.7 Å². The molecule has 1 aliphatic rings. The van der Waals surface area contributed by atoms with Gasteiger partial charge >= 0.3 is 0 Å². The average molecular weight is 505 g/mol. The Labute approximate surface area is 208 Å². The van der Waals surface area contributed by atoms with Crippen molar-refractivity contribution in [2.45, 2.75) is 50.8 Å². The summed E-state index contributed by atoms with van der Waals surface area (Å²) in [6, 6.07) is 14.9. The van der Waals surface area contributed by atoms with Crippen LogP contribution >= 0.6 is 11.8 Å². The van der Waals surface area contributed by atoms with Crippen molar-refractivity contribution < 1.29 is 34.5 Å². The second kappa shape index (κ2) is 14.2. The van der Waals surface area contributed by atoms with Crippen LogP contribution in [-0.2, 0) is 25.7 Å². The Hall–Kier alpha value is -2.47. The van der Waals surface area contributed by atoms with Gasteiger partial charge in [-0.05, 0) is 29.7 Å². The van der Waals surface area contributed by atoms with Gasteiger partial charge in [0.15, 0.2) is 6.29 Å². The zero-order valence-corrected chi connectivity index (χ0v) is 20.2. The van der Waals surface area contributed by atoms with Gasteiger partial charge in [-0.25, -0.2) is 5.48 Å². The lowest BCUT2D eigenvalue weighted by Crippen LogP contribution is -2.31. The fraction of sp³-hybridized carbons (Fsp3) is 0.440. The molecule has 0 aromatic heterocycles. The molecule has 0 unspecified atom stereocenters. The molecular weight excluding hydrogens is 472 g/mol. The van der Waals surface area contributed by atoms with E-state index >= 15 is 0 Å². The molecule has 0 bridgehead atoms. The van der Waals surface area contributed by atoms with E-state index < -0.39 is 12.2 Å². The number of rotatable bonds is 12. The van der Waals surface area contributed by atoms with Crippen LogP contribution in [0.3, 0.4) is 0 Å². The summed E-state index contributed by atoms with van der Waals surface area (Å²) < 4.78 is 12.5. The quantitative estimate of drug-likeness (QED) is 0.169. The van der Waals surface area contributed by atoms with Crippen molar-refractivity contribution in [1.29, 1.82) is 0 Å². The molecule has 1 fully saturated rings. The van der Waals surface area contributed by atoms with Crippen LogP contribution in [0.2, 0.25) is 0 Å². The highest BCUT2D eigenvalue weighted by molar-refractivity contribution is 7.99. The average Bonchev–Trinajstić information content (AvgIpc) is 2.88. The Morgan fingerprint density at radius 2 is 1.77 bits per heavy atom. The number of thioether (sulfide) groups is 1. The van der Waals surface area contributed by atoms with Crippen LogP contribution in [0.5, 0.6) is 0 Å². The number of aliphatic hydroxyl groups excluding tert-OH is 2. The topological polar surface area (TPSA) is 137 Å². The minimum atomic E-state index is -0.643. The van der Waals surface area contributed by atoms with Gasteiger partial charge in [0.25, 0.3) is 0 Å². The first-order chi connectivity index (χ1) is 17.0. The third kappa shape index (κ3) is 8.60. The molecule has 1 heterocycles. The Balaban J connectivity index is 1.69. The van der Waals surface area contributed by atoms with E-state index in [1.165, 1.54) is 0 Å². The molecule has 0 aliphatic carbocycles. The van der Waals surface area contributed by atoms with Gasteiger partial charge < -0.3 is 25.0 Å². The molecule has 1 saturated heterocycles. The maximum atomic E-state index is 12.2. The molecule has 2 aromatic carbocycles. The van der Waals surface area contributed by atoms with Crippen LogP contribution in [0.25, 0.3) is 0 Å². The molecule has 190 valence electrons. The second-order valence-electron chi connectivity index (χ2n) is 8.21. The summed E-state index contributed by atoms with van der Waals surface area (Å²) in [6.07, 6.45) is 0.229. The molecule has 9 nitrogen and oxygen atoms in total. The van der Waals surface area contributed by atoms with Crippen molar-refractivity contribution in [3.05, 3.63) is 65.2 Å². The van der Waals surface area contributed by atoms with Crippen molar-refractivity contribution in [3.8, 4) is 0 Å². The van der Waals surface area contributed by atoms with E-state index in [1.807, 2.05) is 36.4 Å². The molecule has 1 aliphatic heterocycles. The van der Waals surface area contributed by atoms with Crippen LogP contribution in [0.1, 0.15) is 54.8 Å². The number of ether oxygens (including phenoxy) is 2. The maximum absolute atomic E-state index is 12.2. The molecule has 2 aromatic rings. The van der Waals surface area contributed by atoms with Gasteiger partial charge in [-0.3, -0.25) is 14.8 Å². The van der Waals surface area contributed by atoms with E-state index in [2.05, 4.69) is 5.32 Å². The van der Waals surface area contributed by atoms with E-state index in [1.54, 1.807) is 29.4 Å². The Kier molecular flexibility index (Phi) is 11.0. The van der Waals surface area contributed by atoms with Crippen LogP contribution in [-0.4, -0.2) is 51.5 Å². The van der Waals surface area contributed by atoms with Crippen LogP contribution in [0, 0.1) is 0 Å². The fourth-order valence-corrected chi connectivity index (χ4v) is 4.53. The smallest absolute Gasteiger partial charge is 0.243 e. The number of amides is 2. The molecule has 2 amide bonds. The largest absolute Gasteiger partial charge is 0.396 e. The summed E-state index contributed by atoms with van der Waals surface area (Å²) in [7, 11) is 0. The standard InChI is InChI=1S/C25H32N2O7S/c28-11-12-35-16-21-14-22(18-9-7-17(15-29)8-10-18)34-25(33-21)19-3-1-4-20(13-19)26-23(30)5-2-6-24(31)27-32/h1,3-4,7-10,13,21-22,25,28-29,32H,2,5-6,11-12,14-16H2,(H,26,30)(H,27,31)/t21-,22+,25+/m0/s1. The van der Waals surface area contributed by atoms with Crippen molar-refractivity contribution in [1.82, 2.24) is 5.48 Å². The summed E-state index contributed by atoms with van der Waals surface area (Å²) >= 11 is 1.62. The highest BCUT2D eigenvalue weighted by Gasteiger charge is 2.32. The second-order valence-corrected chi connectivity index (χ2v) is 9.36. The zero-order valence-electron chi connectivity index (χ0n) is 19.4. The number of hydroxylamine groups is 1. The van der Waals surface area contributed by atoms with E-state index in [0.717, 1.165) is 16.7 Å². The number of nitrogens with one attached hydrogen (secondary N) is 2. The zero-order chi connectivity index (χ0) is 25.0. The van der Waals surface area contributed by atoms with Gasteiger partial charge in [0, 0.05) is 42.0 Å². The predicted molar refractivity (Wildman–Crippen MR) is 132 cm³/mol. The number of carbonyl (C=O) groups is 2. The number of benzene rings is 2. The first-order valence-corrected chi connectivity index (χ1v) is 12.7. The van der Waals surface area contributed by atoms with Gasteiger partial charge in [-0.15, -0.1) is 0 Å². The minimum absolute atomic E-state index is 0.0227. The third-order valence-corrected chi connectivity index (χ3v) is 6.61. The Bertz CT molecular complexity index is 957. The van der Waals surface area contributed by atoms with Gasteiger partial charge in [-0.1, -0.05) is 36.4 Å². The minimum Gasteiger partial charge on any atom is -0.396 e. The lowest BCUT2D eigenvalue weighted by molar-refractivity contribution is -0.245. The van der Waals surface area contributed by atoms with Crippen molar-refractivity contribution >= 4 is 29.3 Å². The van der Waals surface area contributed by atoms with E-state index in [0.29, 0.717) is 30.0 Å². The van der Waals surface area contributed by atoms with Crippen LogP contribution in [0.4, 0.5) is 5.69 Å². The molecule has 3 rings (SSSR count). The lowest BCUT2D eigenvalue weighted by Gasteiger charge is -2.36. The van der Waals surface area contributed by atoms with Gasteiger partial charge in [0.05, 0.1) is 25.4 Å². The maximum Gasteiger partial charge on any atom is 0.243 e. The highest BCUT2D eigenvalue weighted by atomic mass is 32.2. The summed E-state index contributed by atoms with van der Waals surface area (Å²) in [6.45, 7) is 0.0842. The first-order valence-electron chi connectivity index (χ1n) is 11.5. The number of anilines is 1. The lowest BCUT2D eigenvalue weighted by atomic mass is 10.0. The van der Waals surface area contributed by atoms with Crippen LogP contribution in [0.15, 0.2) is 48.5 Å². The van der Waals surface area contributed by atoms with E-state index in [4.69, 9.17) is 19.8 Å². The fourth-order valence-electron chi connectivity index (χ4n) is 3.75. The normalized spacial score (nSPS) is 19.8. The molecule has 5 N–H and O–H groups in total. The summed E-state index contributed by atoms with van der Waals surface area (Å²) in [4.78, 5) is 23.3. The summed E-state index contributed by atoms with van der Waals surface area (Å²) in [5.41, 5.74) is 4.72. The van der Waals surface area contributed by atoms with Gasteiger partial charge in [-0.2, -0.15) is 11.8 Å². The molecule has 0 spiro atoms. The Morgan fingerprint density at radius 1 is 1.00 bits per heavy atom. The monoisotopic (exact) mass is 504 g/mol. The number of hydrogen-bond acceptors (Lipinski definition) is 8.